The molecule has 0 saturated carbocycles. The Morgan fingerprint density at radius 3 is 2.94 bits per heavy atom. The number of fused-ring (bicyclic) bond motifs is 3. The molecular weight excluding hydrogens is 410 g/mol. The molecule has 1 N–H and O–H groups in total. The van der Waals surface area contributed by atoms with Gasteiger partial charge in [0.15, 0.2) is 5.82 Å². The molecule has 0 bridgehead atoms. The Kier molecular flexibility index (Phi) is 5.75. The Balaban J connectivity index is 1.66. The first-order chi connectivity index (χ1) is 14.8. The van der Waals surface area contributed by atoms with Crippen LogP contribution in [0.1, 0.15) is 56.5 Å². The Labute approximate surface area is 185 Å². The lowest BCUT2D eigenvalue weighted by atomic mass is 9.69. The molecule has 0 unspecified atom stereocenters. The third-order valence-corrected chi connectivity index (χ3v) is 7.86. The molecule has 31 heavy (non-hydrogen) atoms. The smallest absolute Gasteiger partial charge is 0.260 e. The first-order valence-electron chi connectivity index (χ1n) is 10.6. The number of nitro groups is 1. The second-order valence-corrected chi connectivity index (χ2v) is 9.89. The predicted octanol–water partition coefficient (Wildman–Crippen LogP) is 5.98. The van der Waals surface area contributed by atoms with Crippen LogP contribution < -0.4 is 5.43 Å². The van der Waals surface area contributed by atoms with Gasteiger partial charge in [0.05, 0.1) is 16.0 Å². The zero-order valence-corrected chi connectivity index (χ0v) is 19.1. The summed E-state index contributed by atoms with van der Waals surface area (Å²) in [6.07, 6.45) is 6.05. The molecule has 0 amide bonds. The Morgan fingerprint density at radius 1 is 1.39 bits per heavy atom. The van der Waals surface area contributed by atoms with E-state index in [1.165, 1.54) is 29.0 Å². The molecule has 3 aromatic rings. The highest BCUT2D eigenvalue weighted by Crippen LogP contribution is 2.45. The third kappa shape index (κ3) is 4.17. The largest absolute Gasteiger partial charge is 0.270 e. The topological polar surface area (TPSA) is 93.3 Å². The minimum Gasteiger partial charge on any atom is -0.260 e. The number of hydrogen-bond donors (Lipinski definition) is 1. The summed E-state index contributed by atoms with van der Waals surface area (Å²) in [5, 5.41) is 16.6. The minimum absolute atomic E-state index is 0.0490. The van der Waals surface area contributed by atoms with Crippen molar-refractivity contribution in [2.45, 2.75) is 53.4 Å². The lowest BCUT2D eigenvalue weighted by Crippen LogP contribution is -2.28. The second kappa shape index (κ2) is 8.34. The van der Waals surface area contributed by atoms with Crippen LogP contribution in [0.25, 0.3) is 10.2 Å². The van der Waals surface area contributed by atoms with Crippen molar-refractivity contribution >= 4 is 38.8 Å². The number of nitrogens with zero attached hydrogens (tertiary/aromatic N) is 4. The van der Waals surface area contributed by atoms with Crippen LogP contribution in [0.4, 0.5) is 11.5 Å². The fraction of sp³-hybridized carbons (Fsp3) is 0.435. The summed E-state index contributed by atoms with van der Waals surface area (Å²) in [7, 11) is 0. The predicted molar refractivity (Wildman–Crippen MR) is 126 cm³/mol. The highest BCUT2D eigenvalue weighted by molar-refractivity contribution is 7.19. The number of aromatic nitrogens is 2. The molecule has 2 aromatic heterocycles. The van der Waals surface area contributed by atoms with Gasteiger partial charge in [0, 0.05) is 22.6 Å². The summed E-state index contributed by atoms with van der Waals surface area (Å²) in [5.41, 5.74) is 6.16. The number of hydrogen-bond acceptors (Lipinski definition) is 7. The van der Waals surface area contributed by atoms with Crippen LogP contribution in [0.2, 0.25) is 0 Å². The molecule has 1 aromatic carbocycles. The maximum atomic E-state index is 11.1. The summed E-state index contributed by atoms with van der Waals surface area (Å²) in [5.74, 6) is 1.33. The number of nitrogens with one attached hydrogen (secondary N) is 1. The Hall–Kier alpha value is -2.87. The zero-order chi connectivity index (χ0) is 22.2. The van der Waals surface area contributed by atoms with Gasteiger partial charge in [-0.1, -0.05) is 39.3 Å². The molecule has 7 nitrogen and oxygen atoms in total. The Morgan fingerprint density at radius 2 is 2.19 bits per heavy atom. The van der Waals surface area contributed by atoms with Crippen molar-refractivity contribution < 1.29 is 4.92 Å². The number of non-ortho nitro benzene ring substituents is 1. The maximum Gasteiger partial charge on any atom is 0.270 e. The van der Waals surface area contributed by atoms with Crippen LogP contribution >= 0.6 is 11.3 Å². The fourth-order valence-corrected chi connectivity index (χ4v) is 5.38. The fourth-order valence-electron chi connectivity index (χ4n) is 4.19. The van der Waals surface area contributed by atoms with E-state index in [2.05, 4.69) is 41.3 Å². The summed E-state index contributed by atoms with van der Waals surface area (Å²) >= 11 is 1.76. The number of thiophene rings is 1. The van der Waals surface area contributed by atoms with Crippen molar-refractivity contribution in [2.24, 2.45) is 16.4 Å². The molecular formula is C23H27N5O2S. The number of anilines is 1. The van der Waals surface area contributed by atoms with Crippen LogP contribution in [0.15, 0.2) is 35.7 Å². The van der Waals surface area contributed by atoms with Crippen molar-refractivity contribution in [1.82, 2.24) is 9.97 Å². The molecule has 0 spiro atoms. The molecule has 2 heterocycles. The van der Waals surface area contributed by atoms with Crippen LogP contribution in [-0.2, 0) is 12.8 Å². The van der Waals surface area contributed by atoms with E-state index < -0.39 is 4.92 Å². The van der Waals surface area contributed by atoms with E-state index in [4.69, 9.17) is 0 Å². The van der Waals surface area contributed by atoms with E-state index in [1.807, 2.05) is 13.0 Å². The van der Waals surface area contributed by atoms with Gasteiger partial charge in [-0.3, -0.25) is 15.5 Å². The molecule has 0 fully saturated rings. The zero-order valence-electron chi connectivity index (χ0n) is 18.3. The van der Waals surface area contributed by atoms with Gasteiger partial charge in [-0.15, -0.1) is 11.3 Å². The van der Waals surface area contributed by atoms with Crippen LogP contribution in [0.3, 0.4) is 0 Å². The van der Waals surface area contributed by atoms with Gasteiger partial charge in [0.2, 0.25) is 0 Å². The van der Waals surface area contributed by atoms with Gasteiger partial charge in [-0.05, 0) is 43.1 Å². The van der Waals surface area contributed by atoms with Gasteiger partial charge in [0.25, 0.3) is 5.69 Å². The van der Waals surface area contributed by atoms with Gasteiger partial charge >= 0.3 is 0 Å². The average molecular weight is 438 g/mol. The number of aryl methyl sites for hydroxylation is 1. The quantitative estimate of drug-likeness (QED) is 0.291. The average Bonchev–Trinajstić information content (AvgIpc) is 3.16. The third-order valence-electron chi connectivity index (χ3n) is 6.66. The maximum absolute atomic E-state index is 11.1. The van der Waals surface area contributed by atoms with Gasteiger partial charge in [0.1, 0.15) is 11.2 Å². The Bertz CT molecular complexity index is 1170. The molecule has 0 aliphatic heterocycles. The molecule has 4 rings (SSSR count). The van der Waals surface area contributed by atoms with E-state index in [0.717, 1.165) is 29.5 Å². The van der Waals surface area contributed by atoms with E-state index in [-0.39, 0.29) is 5.69 Å². The lowest BCUT2D eigenvalue weighted by Gasteiger charge is -2.36. The summed E-state index contributed by atoms with van der Waals surface area (Å²) in [6, 6.07) is 6.48. The molecule has 1 atom stereocenters. The highest BCUT2D eigenvalue weighted by atomic mass is 32.1. The molecule has 8 heteroatoms. The molecule has 0 saturated heterocycles. The van der Waals surface area contributed by atoms with E-state index >= 15 is 0 Å². The van der Waals surface area contributed by atoms with Crippen molar-refractivity contribution in [3.63, 3.8) is 0 Å². The highest BCUT2D eigenvalue weighted by Gasteiger charge is 2.33. The molecule has 1 aliphatic rings. The van der Waals surface area contributed by atoms with E-state index in [1.54, 1.807) is 23.7 Å². The summed E-state index contributed by atoms with van der Waals surface area (Å²) in [4.78, 5) is 22.0. The SMILES string of the molecule is CCC(C)(C)[C@@H]1CCc2sc3ncnc(N/N=C(/C)c4cccc([N+](=O)[O-])c4)c3c2C1. The standard InChI is InChI=1S/C23H27N5O2S/c1-5-23(3,4)16-9-10-19-18(12-16)20-21(24-13-25-22(20)31-19)27-26-14(2)15-7-6-8-17(11-15)28(29)30/h6-8,11,13,16H,5,9-10,12H2,1-4H3,(H,24,25,27)/b26-14-/t16-/m1/s1. The first-order valence-corrected chi connectivity index (χ1v) is 11.4. The normalized spacial score (nSPS) is 16.9. The van der Waals surface area contributed by atoms with Gasteiger partial charge < -0.3 is 0 Å². The van der Waals surface area contributed by atoms with E-state index in [9.17, 15) is 10.1 Å². The minimum atomic E-state index is -0.399. The van der Waals surface area contributed by atoms with Crippen molar-refractivity contribution in [2.75, 3.05) is 5.43 Å². The summed E-state index contributed by atoms with van der Waals surface area (Å²) in [6.45, 7) is 8.81. The van der Waals surface area contributed by atoms with Crippen molar-refractivity contribution in [3.05, 3.63) is 56.7 Å². The van der Waals surface area contributed by atoms with Crippen LogP contribution in [-0.4, -0.2) is 20.6 Å². The molecule has 162 valence electrons. The van der Waals surface area contributed by atoms with Crippen molar-refractivity contribution in [1.29, 1.82) is 0 Å². The number of benzene rings is 1. The van der Waals surface area contributed by atoms with E-state index in [0.29, 0.717) is 28.4 Å². The molecule has 0 radical (unpaired) electrons. The second-order valence-electron chi connectivity index (χ2n) is 8.80. The lowest BCUT2D eigenvalue weighted by molar-refractivity contribution is -0.384. The first kappa shape index (κ1) is 21.4. The number of hydrazone groups is 1. The number of nitro benzene ring substituents is 1. The van der Waals surface area contributed by atoms with Gasteiger partial charge in [-0.25, -0.2) is 9.97 Å². The van der Waals surface area contributed by atoms with Crippen molar-refractivity contribution in [3.8, 4) is 0 Å². The molecule has 1 aliphatic carbocycles. The van der Waals surface area contributed by atoms with Crippen LogP contribution in [0.5, 0.6) is 0 Å². The summed E-state index contributed by atoms with van der Waals surface area (Å²) < 4.78 is 0. The van der Waals surface area contributed by atoms with Gasteiger partial charge in [-0.2, -0.15) is 5.10 Å². The monoisotopic (exact) mass is 437 g/mol. The van der Waals surface area contributed by atoms with Crippen LogP contribution in [0, 0.1) is 21.4 Å². The number of rotatable bonds is 6.